The Kier molecular flexibility index (Phi) is 2.33. The minimum absolute atomic E-state index is 0.189. The van der Waals surface area contributed by atoms with Crippen molar-refractivity contribution < 1.29 is 4.74 Å². The Bertz CT molecular complexity index is 523. The van der Waals surface area contributed by atoms with Crippen molar-refractivity contribution in [2.75, 3.05) is 5.73 Å². The van der Waals surface area contributed by atoms with Crippen LogP contribution in [0.3, 0.4) is 0 Å². The zero-order valence-corrected chi connectivity index (χ0v) is 9.96. The van der Waals surface area contributed by atoms with Crippen LogP contribution in [0.4, 0.5) is 5.69 Å². The molecule has 2 N–H and O–H groups in total. The van der Waals surface area contributed by atoms with Gasteiger partial charge < -0.3 is 10.5 Å². The van der Waals surface area contributed by atoms with Gasteiger partial charge in [0.25, 0.3) is 0 Å². The van der Waals surface area contributed by atoms with E-state index in [0.29, 0.717) is 6.10 Å². The second kappa shape index (κ2) is 3.71. The van der Waals surface area contributed by atoms with Gasteiger partial charge in [-0.3, -0.25) is 0 Å². The van der Waals surface area contributed by atoms with E-state index < -0.39 is 0 Å². The summed E-state index contributed by atoms with van der Waals surface area (Å²) in [6, 6.07) is 5.85. The van der Waals surface area contributed by atoms with Gasteiger partial charge in [0.05, 0.1) is 16.3 Å². The van der Waals surface area contributed by atoms with E-state index in [4.69, 9.17) is 10.5 Å². The van der Waals surface area contributed by atoms with Gasteiger partial charge in [0.2, 0.25) is 0 Å². The standard InChI is InChI=1S/C12H14N2OS/c1-7-2-5-10(15-7)12-14-9-4-3-8(13)6-11(9)16-12/h3-4,6-7,10H,2,5,13H2,1H3. The largest absolute Gasteiger partial charge is 0.399 e. The van der Waals surface area contributed by atoms with Crippen molar-refractivity contribution in [3.05, 3.63) is 23.2 Å². The normalized spacial score (nSPS) is 25.3. The predicted molar refractivity (Wildman–Crippen MR) is 66.6 cm³/mol. The summed E-state index contributed by atoms with van der Waals surface area (Å²) in [4.78, 5) is 4.61. The van der Waals surface area contributed by atoms with Gasteiger partial charge in [-0.2, -0.15) is 0 Å². The highest BCUT2D eigenvalue weighted by atomic mass is 32.1. The van der Waals surface area contributed by atoms with Crippen LogP contribution in [0.5, 0.6) is 0 Å². The molecule has 0 aliphatic carbocycles. The van der Waals surface area contributed by atoms with Gasteiger partial charge in [0.15, 0.2) is 0 Å². The van der Waals surface area contributed by atoms with Crippen molar-refractivity contribution >= 4 is 27.2 Å². The first kappa shape index (κ1) is 10.1. The highest BCUT2D eigenvalue weighted by Crippen LogP contribution is 2.36. The van der Waals surface area contributed by atoms with Gasteiger partial charge in [-0.25, -0.2) is 4.98 Å². The van der Waals surface area contributed by atoms with E-state index in [1.165, 1.54) is 0 Å². The molecule has 1 fully saturated rings. The Hall–Kier alpha value is -1.13. The Morgan fingerprint density at radius 2 is 2.31 bits per heavy atom. The number of nitrogen functional groups attached to an aromatic ring is 1. The summed E-state index contributed by atoms with van der Waals surface area (Å²) in [6.07, 6.45) is 2.76. The van der Waals surface area contributed by atoms with Crippen LogP contribution in [-0.4, -0.2) is 11.1 Å². The molecule has 3 nitrogen and oxygen atoms in total. The van der Waals surface area contributed by atoms with E-state index in [0.717, 1.165) is 33.8 Å². The third-order valence-electron chi connectivity index (χ3n) is 2.94. The molecule has 1 aliphatic rings. The van der Waals surface area contributed by atoms with Gasteiger partial charge in [-0.05, 0) is 38.0 Å². The first-order valence-electron chi connectivity index (χ1n) is 5.54. The Balaban J connectivity index is 1.99. The Labute approximate surface area is 98.2 Å². The maximum Gasteiger partial charge on any atom is 0.123 e. The third kappa shape index (κ3) is 1.68. The minimum atomic E-state index is 0.189. The molecule has 0 bridgehead atoms. The van der Waals surface area contributed by atoms with Crippen LogP contribution in [0.1, 0.15) is 30.9 Å². The summed E-state index contributed by atoms with van der Waals surface area (Å²) < 4.78 is 6.97. The average Bonchev–Trinajstić information content (AvgIpc) is 2.83. The fourth-order valence-electron chi connectivity index (χ4n) is 2.08. The predicted octanol–water partition coefficient (Wildman–Crippen LogP) is 3.12. The molecule has 1 aliphatic heterocycles. The number of nitrogens with two attached hydrogens (primary N) is 1. The van der Waals surface area contributed by atoms with Crippen molar-refractivity contribution in [1.82, 2.24) is 4.98 Å². The molecular formula is C12H14N2OS. The van der Waals surface area contributed by atoms with Crippen molar-refractivity contribution in [1.29, 1.82) is 0 Å². The van der Waals surface area contributed by atoms with Gasteiger partial charge in [-0.15, -0.1) is 11.3 Å². The monoisotopic (exact) mass is 234 g/mol. The van der Waals surface area contributed by atoms with E-state index in [9.17, 15) is 0 Å². The topological polar surface area (TPSA) is 48.1 Å². The van der Waals surface area contributed by atoms with Gasteiger partial charge in [0.1, 0.15) is 11.1 Å². The number of fused-ring (bicyclic) bond motifs is 1. The van der Waals surface area contributed by atoms with E-state index in [2.05, 4.69) is 11.9 Å². The third-order valence-corrected chi connectivity index (χ3v) is 4.05. The summed E-state index contributed by atoms with van der Waals surface area (Å²) in [7, 11) is 0. The van der Waals surface area contributed by atoms with E-state index in [1.807, 2.05) is 18.2 Å². The number of rotatable bonds is 1. The molecule has 3 rings (SSSR count). The molecule has 4 heteroatoms. The molecule has 16 heavy (non-hydrogen) atoms. The van der Waals surface area contributed by atoms with Crippen LogP contribution in [0, 0.1) is 0 Å². The van der Waals surface area contributed by atoms with Crippen LogP contribution in [0.15, 0.2) is 18.2 Å². The molecule has 2 heterocycles. The lowest BCUT2D eigenvalue weighted by atomic mass is 10.2. The van der Waals surface area contributed by atoms with Crippen LogP contribution >= 0.6 is 11.3 Å². The number of ether oxygens (including phenoxy) is 1. The van der Waals surface area contributed by atoms with Gasteiger partial charge >= 0.3 is 0 Å². The lowest BCUT2D eigenvalue weighted by Crippen LogP contribution is -2.00. The number of thiazole rings is 1. The molecule has 1 saturated heterocycles. The first-order valence-corrected chi connectivity index (χ1v) is 6.35. The smallest absolute Gasteiger partial charge is 0.123 e. The van der Waals surface area contributed by atoms with E-state index in [-0.39, 0.29) is 6.10 Å². The number of nitrogens with zero attached hydrogens (tertiary/aromatic N) is 1. The zero-order valence-electron chi connectivity index (χ0n) is 9.14. The molecule has 2 atom stereocenters. The first-order chi connectivity index (χ1) is 7.72. The molecule has 0 radical (unpaired) electrons. The Morgan fingerprint density at radius 3 is 3.06 bits per heavy atom. The van der Waals surface area contributed by atoms with Crippen molar-refractivity contribution in [3.63, 3.8) is 0 Å². The minimum Gasteiger partial charge on any atom is -0.399 e. The lowest BCUT2D eigenvalue weighted by molar-refractivity contribution is 0.0555. The fourth-order valence-corrected chi connectivity index (χ4v) is 3.17. The maximum absolute atomic E-state index is 5.82. The number of aromatic nitrogens is 1. The zero-order chi connectivity index (χ0) is 11.1. The van der Waals surface area contributed by atoms with Gasteiger partial charge in [0, 0.05) is 5.69 Å². The molecule has 1 aromatic heterocycles. The van der Waals surface area contributed by atoms with E-state index in [1.54, 1.807) is 11.3 Å². The number of benzene rings is 1. The quantitative estimate of drug-likeness (QED) is 0.771. The summed E-state index contributed by atoms with van der Waals surface area (Å²) in [6.45, 7) is 2.12. The molecule has 0 amide bonds. The highest BCUT2D eigenvalue weighted by Gasteiger charge is 2.25. The van der Waals surface area contributed by atoms with Crippen LogP contribution in [0.25, 0.3) is 10.2 Å². The van der Waals surface area contributed by atoms with Crippen molar-refractivity contribution in [2.24, 2.45) is 0 Å². The molecule has 0 saturated carbocycles. The number of hydrogen-bond acceptors (Lipinski definition) is 4. The maximum atomic E-state index is 5.82. The summed E-state index contributed by atoms with van der Waals surface area (Å²) in [5.74, 6) is 0. The van der Waals surface area contributed by atoms with Crippen LogP contribution in [0.2, 0.25) is 0 Å². The highest BCUT2D eigenvalue weighted by molar-refractivity contribution is 7.18. The molecule has 84 valence electrons. The molecule has 1 aromatic carbocycles. The van der Waals surface area contributed by atoms with E-state index >= 15 is 0 Å². The van der Waals surface area contributed by atoms with Crippen LogP contribution in [-0.2, 0) is 4.74 Å². The lowest BCUT2D eigenvalue weighted by Gasteiger charge is -2.06. The molecule has 2 aromatic rings. The fraction of sp³-hybridized carbons (Fsp3) is 0.417. The van der Waals surface area contributed by atoms with Gasteiger partial charge in [-0.1, -0.05) is 0 Å². The van der Waals surface area contributed by atoms with Crippen molar-refractivity contribution in [3.8, 4) is 0 Å². The molecular weight excluding hydrogens is 220 g/mol. The second-order valence-corrected chi connectivity index (χ2v) is 5.35. The summed E-state index contributed by atoms with van der Waals surface area (Å²) >= 11 is 1.69. The Morgan fingerprint density at radius 1 is 1.44 bits per heavy atom. The number of anilines is 1. The number of hydrogen-bond donors (Lipinski definition) is 1. The summed E-state index contributed by atoms with van der Waals surface area (Å²) in [5.41, 5.74) is 7.58. The summed E-state index contributed by atoms with van der Waals surface area (Å²) in [5, 5.41) is 1.09. The van der Waals surface area contributed by atoms with Crippen LogP contribution < -0.4 is 5.73 Å². The SMILES string of the molecule is CC1CCC(c2nc3ccc(N)cc3s2)O1. The average molecular weight is 234 g/mol. The second-order valence-electron chi connectivity index (χ2n) is 4.29. The van der Waals surface area contributed by atoms with Crippen molar-refractivity contribution in [2.45, 2.75) is 32.0 Å². The molecule has 2 unspecified atom stereocenters. The molecule has 0 spiro atoms.